The van der Waals surface area contributed by atoms with Crippen LogP contribution in [0.15, 0.2) is 29.2 Å². The van der Waals surface area contributed by atoms with Gasteiger partial charge >= 0.3 is 0 Å². The third kappa shape index (κ3) is 2.02. The monoisotopic (exact) mass is 251 g/mol. The van der Waals surface area contributed by atoms with Gasteiger partial charge in [0.2, 0.25) is 5.43 Å². The van der Waals surface area contributed by atoms with Gasteiger partial charge in [0.25, 0.3) is 0 Å². The topological polar surface area (TPSA) is 62.3 Å². The molecule has 0 aliphatic rings. The number of aromatic amines is 1. The lowest BCUT2D eigenvalue weighted by atomic mass is 10.1. The maximum absolute atomic E-state index is 13.7. The quantitative estimate of drug-likeness (QED) is 0.818. The molecule has 0 saturated heterocycles. The van der Waals surface area contributed by atoms with Crippen LogP contribution in [0.3, 0.4) is 0 Å². The molecular formula is C13H14FNO3. The summed E-state index contributed by atoms with van der Waals surface area (Å²) in [6.07, 6.45) is 1.35. The van der Waals surface area contributed by atoms with E-state index in [4.69, 9.17) is 4.74 Å². The average molecular weight is 251 g/mol. The fourth-order valence-electron chi connectivity index (χ4n) is 1.93. The second-order valence-corrected chi connectivity index (χ2v) is 4.11. The molecule has 96 valence electrons. The molecule has 1 atom stereocenters. The zero-order valence-electron chi connectivity index (χ0n) is 10.2. The van der Waals surface area contributed by atoms with Gasteiger partial charge in [-0.05, 0) is 26.0 Å². The molecular weight excluding hydrogens is 237 g/mol. The Morgan fingerprint density at radius 1 is 1.50 bits per heavy atom. The summed E-state index contributed by atoms with van der Waals surface area (Å²) in [4.78, 5) is 15.0. The molecule has 2 N–H and O–H groups in total. The molecule has 18 heavy (non-hydrogen) atoms. The molecule has 2 rings (SSSR count). The van der Waals surface area contributed by atoms with Crippen LogP contribution in [-0.4, -0.2) is 16.7 Å². The number of fused-ring (bicyclic) bond motifs is 1. The van der Waals surface area contributed by atoms with Crippen LogP contribution >= 0.6 is 0 Å². The summed E-state index contributed by atoms with van der Waals surface area (Å²) < 4.78 is 18.8. The van der Waals surface area contributed by atoms with Crippen LogP contribution in [0.4, 0.5) is 4.39 Å². The van der Waals surface area contributed by atoms with Crippen LogP contribution in [0.1, 0.15) is 19.4 Å². The molecule has 0 spiro atoms. The van der Waals surface area contributed by atoms with E-state index in [2.05, 4.69) is 4.98 Å². The first-order valence-electron chi connectivity index (χ1n) is 5.64. The molecule has 1 heterocycles. The highest BCUT2D eigenvalue weighted by Crippen LogP contribution is 2.21. The molecule has 1 aromatic heterocycles. The minimum atomic E-state index is -1.74. The fourth-order valence-corrected chi connectivity index (χ4v) is 1.93. The Hall–Kier alpha value is -1.72. The summed E-state index contributed by atoms with van der Waals surface area (Å²) in [5.74, 6) is -2.36. The van der Waals surface area contributed by atoms with E-state index in [0.29, 0.717) is 5.52 Å². The van der Waals surface area contributed by atoms with Crippen molar-refractivity contribution >= 4 is 10.9 Å². The summed E-state index contributed by atoms with van der Waals surface area (Å²) in [5.41, 5.74) is -0.196. The highest BCUT2D eigenvalue weighted by molar-refractivity contribution is 5.79. The molecule has 1 aromatic carbocycles. The number of H-pyrrole nitrogens is 1. The molecule has 0 radical (unpaired) electrons. The molecule has 0 saturated carbocycles. The minimum absolute atomic E-state index is 0.0121. The smallest absolute Gasteiger partial charge is 0.200 e. The maximum atomic E-state index is 13.7. The molecule has 0 fully saturated rings. The highest BCUT2D eigenvalue weighted by Gasteiger charge is 2.27. The second-order valence-electron chi connectivity index (χ2n) is 4.11. The van der Waals surface area contributed by atoms with E-state index in [9.17, 15) is 14.3 Å². The minimum Gasteiger partial charge on any atom is -0.362 e. The van der Waals surface area contributed by atoms with Gasteiger partial charge in [0, 0.05) is 12.8 Å². The van der Waals surface area contributed by atoms with Crippen molar-refractivity contribution in [2.24, 2.45) is 0 Å². The number of benzene rings is 1. The number of ether oxygens (including phenoxy) is 1. The van der Waals surface area contributed by atoms with Crippen molar-refractivity contribution in [3.8, 4) is 0 Å². The number of pyridine rings is 1. The van der Waals surface area contributed by atoms with Gasteiger partial charge in [-0.25, -0.2) is 4.39 Å². The number of hydrogen-bond acceptors (Lipinski definition) is 3. The number of halogens is 1. The van der Waals surface area contributed by atoms with Crippen LogP contribution < -0.4 is 5.43 Å². The third-order valence-corrected chi connectivity index (χ3v) is 2.78. The van der Waals surface area contributed by atoms with Gasteiger partial charge in [-0.1, -0.05) is 6.07 Å². The normalized spacial score (nSPS) is 14.7. The lowest BCUT2D eigenvalue weighted by Gasteiger charge is -2.22. The lowest BCUT2D eigenvalue weighted by Crippen LogP contribution is -2.32. The van der Waals surface area contributed by atoms with E-state index in [-0.39, 0.29) is 17.6 Å². The summed E-state index contributed by atoms with van der Waals surface area (Å²) in [6, 6.07) is 4.31. The lowest BCUT2D eigenvalue weighted by molar-refractivity contribution is -0.196. The van der Waals surface area contributed by atoms with Gasteiger partial charge in [0.05, 0.1) is 16.5 Å². The molecule has 0 aliphatic carbocycles. The SMILES string of the molecule is CCOC(C)(O)c1c[nH]c2cccc(F)c2c1=O. The number of aliphatic hydroxyl groups is 1. The van der Waals surface area contributed by atoms with E-state index in [1.807, 2.05) is 0 Å². The van der Waals surface area contributed by atoms with Crippen molar-refractivity contribution in [2.45, 2.75) is 19.6 Å². The Balaban J connectivity index is 2.72. The van der Waals surface area contributed by atoms with Crippen molar-refractivity contribution in [2.75, 3.05) is 6.61 Å². The van der Waals surface area contributed by atoms with Crippen molar-refractivity contribution in [1.82, 2.24) is 4.98 Å². The van der Waals surface area contributed by atoms with Gasteiger partial charge in [0.1, 0.15) is 5.82 Å². The number of aromatic nitrogens is 1. The summed E-state index contributed by atoms with van der Waals surface area (Å²) >= 11 is 0. The van der Waals surface area contributed by atoms with Crippen LogP contribution in [0, 0.1) is 5.82 Å². The van der Waals surface area contributed by atoms with Crippen LogP contribution in [0.5, 0.6) is 0 Å². The van der Waals surface area contributed by atoms with Gasteiger partial charge in [-0.2, -0.15) is 0 Å². The zero-order valence-corrected chi connectivity index (χ0v) is 10.2. The first-order chi connectivity index (χ1) is 8.47. The maximum Gasteiger partial charge on any atom is 0.200 e. The van der Waals surface area contributed by atoms with Crippen molar-refractivity contribution in [3.63, 3.8) is 0 Å². The predicted molar refractivity (Wildman–Crippen MR) is 65.7 cm³/mol. The Morgan fingerprint density at radius 3 is 2.89 bits per heavy atom. The molecule has 1 unspecified atom stereocenters. The fraction of sp³-hybridized carbons (Fsp3) is 0.308. The van der Waals surface area contributed by atoms with Gasteiger partial charge < -0.3 is 14.8 Å². The largest absolute Gasteiger partial charge is 0.362 e. The Bertz CT molecular complexity index is 634. The molecule has 5 heteroatoms. The Kier molecular flexibility index (Phi) is 3.19. The van der Waals surface area contributed by atoms with E-state index < -0.39 is 17.0 Å². The predicted octanol–water partition coefficient (Wildman–Crippen LogP) is 1.87. The molecule has 2 aromatic rings. The number of hydrogen-bond donors (Lipinski definition) is 2. The van der Waals surface area contributed by atoms with E-state index in [1.165, 1.54) is 25.3 Å². The average Bonchev–Trinajstić information content (AvgIpc) is 2.28. The van der Waals surface area contributed by atoms with Gasteiger partial charge in [-0.3, -0.25) is 4.79 Å². The Morgan fingerprint density at radius 2 is 2.22 bits per heavy atom. The number of nitrogens with one attached hydrogen (secondary N) is 1. The van der Waals surface area contributed by atoms with Crippen LogP contribution in [-0.2, 0) is 10.5 Å². The van der Waals surface area contributed by atoms with Crippen molar-refractivity contribution in [3.05, 3.63) is 46.0 Å². The molecule has 0 aliphatic heterocycles. The summed E-state index contributed by atoms with van der Waals surface area (Å²) in [5, 5.41) is 9.98. The second kappa shape index (κ2) is 4.51. The standard InChI is InChI=1S/C13H14FNO3/c1-3-18-13(2,17)8-7-15-10-6-4-5-9(14)11(10)12(8)16/h4-7,17H,3H2,1-2H3,(H,15,16). The molecule has 4 nitrogen and oxygen atoms in total. The first kappa shape index (κ1) is 12.7. The van der Waals surface area contributed by atoms with E-state index in [1.54, 1.807) is 13.0 Å². The van der Waals surface area contributed by atoms with Gasteiger partial charge in [-0.15, -0.1) is 0 Å². The molecule has 0 amide bonds. The van der Waals surface area contributed by atoms with Crippen LogP contribution in [0.2, 0.25) is 0 Å². The van der Waals surface area contributed by atoms with Crippen LogP contribution in [0.25, 0.3) is 10.9 Å². The van der Waals surface area contributed by atoms with Gasteiger partial charge in [0.15, 0.2) is 5.79 Å². The van der Waals surface area contributed by atoms with E-state index >= 15 is 0 Å². The first-order valence-corrected chi connectivity index (χ1v) is 5.64. The zero-order chi connectivity index (χ0) is 13.3. The van der Waals surface area contributed by atoms with E-state index in [0.717, 1.165) is 0 Å². The molecule has 0 bridgehead atoms. The van der Waals surface area contributed by atoms with Crippen molar-refractivity contribution in [1.29, 1.82) is 0 Å². The number of rotatable bonds is 3. The third-order valence-electron chi connectivity index (χ3n) is 2.78. The van der Waals surface area contributed by atoms with Crippen molar-refractivity contribution < 1.29 is 14.2 Å². The highest BCUT2D eigenvalue weighted by atomic mass is 19.1. The summed E-state index contributed by atoms with van der Waals surface area (Å²) in [7, 11) is 0. The Labute approximate surface area is 103 Å². The summed E-state index contributed by atoms with van der Waals surface area (Å²) in [6.45, 7) is 3.29.